The maximum Gasteiger partial charge on any atom is 0.322 e. The maximum atomic E-state index is 13.4. The predicted molar refractivity (Wildman–Crippen MR) is 123 cm³/mol. The summed E-state index contributed by atoms with van der Waals surface area (Å²) in [6.45, 7) is 0. The number of nitrogens with one attached hydrogen (secondary N) is 2. The summed E-state index contributed by atoms with van der Waals surface area (Å²) < 4.78 is 0. The molecule has 4 heteroatoms. The van der Waals surface area contributed by atoms with Crippen molar-refractivity contribution >= 4 is 11.9 Å². The van der Waals surface area contributed by atoms with Crippen LogP contribution in [0.25, 0.3) is 0 Å². The van der Waals surface area contributed by atoms with E-state index in [2.05, 4.69) is 71.0 Å². The number of imide groups is 1. The Morgan fingerprint density at radius 1 is 0.969 bits per heavy atom. The van der Waals surface area contributed by atoms with Crippen molar-refractivity contribution in [2.45, 2.75) is 56.9 Å². The molecular weight excluding hydrogens is 396 g/mol. The first-order chi connectivity index (χ1) is 15.6. The van der Waals surface area contributed by atoms with Gasteiger partial charge < -0.3 is 5.32 Å². The van der Waals surface area contributed by atoms with Gasteiger partial charge in [0.25, 0.3) is 5.91 Å². The monoisotopic (exact) mass is 424 g/mol. The van der Waals surface area contributed by atoms with E-state index in [0.29, 0.717) is 11.8 Å². The van der Waals surface area contributed by atoms with Crippen LogP contribution in [0.2, 0.25) is 0 Å². The third-order valence-electron chi connectivity index (χ3n) is 8.13. The Morgan fingerprint density at radius 3 is 2.44 bits per heavy atom. The number of rotatable bonds is 2. The molecule has 3 amide bonds. The fourth-order valence-corrected chi connectivity index (χ4v) is 6.31. The van der Waals surface area contributed by atoms with Crippen molar-refractivity contribution in [3.05, 3.63) is 70.8 Å². The molecule has 2 saturated carbocycles. The van der Waals surface area contributed by atoms with E-state index in [-0.39, 0.29) is 17.4 Å². The Bertz CT molecular complexity index is 1150. The van der Waals surface area contributed by atoms with Gasteiger partial charge in [0.1, 0.15) is 0 Å². The molecule has 1 saturated heterocycles. The first-order valence-electron chi connectivity index (χ1n) is 11.9. The molecule has 0 radical (unpaired) electrons. The largest absolute Gasteiger partial charge is 0.322 e. The predicted octanol–water partition coefficient (Wildman–Crippen LogP) is 4.46. The van der Waals surface area contributed by atoms with Gasteiger partial charge in [-0.2, -0.15) is 0 Å². The quantitative estimate of drug-likeness (QED) is 0.552. The summed E-state index contributed by atoms with van der Waals surface area (Å²) in [7, 11) is 0. The Kier molecular flexibility index (Phi) is 4.43. The molecule has 2 N–H and O–H groups in total. The van der Waals surface area contributed by atoms with Crippen LogP contribution in [0.3, 0.4) is 0 Å². The summed E-state index contributed by atoms with van der Waals surface area (Å²) in [6.07, 6.45) is 8.32. The van der Waals surface area contributed by atoms with Gasteiger partial charge >= 0.3 is 6.03 Å². The molecule has 1 atom stereocenters. The fraction of sp³-hybridized carbons (Fsp3) is 0.429. The van der Waals surface area contributed by atoms with E-state index in [1.165, 1.54) is 24.0 Å². The van der Waals surface area contributed by atoms with E-state index < -0.39 is 5.54 Å². The summed E-state index contributed by atoms with van der Waals surface area (Å²) in [5.74, 6) is 7.58. The van der Waals surface area contributed by atoms with Gasteiger partial charge in [-0.05, 0) is 86.1 Å². The zero-order valence-corrected chi connectivity index (χ0v) is 18.2. The average Bonchev–Trinajstić information content (AvgIpc) is 3.53. The van der Waals surface area contributed by atoms with E-state index in [1.807, 2.05) is 0 Å². The standard InChI is InChI=1S/C28H28N2O2/c31-25-28(30-26(32)29-25)24-17-21(9-8-19-6-7-19)10-11-23(24)18-27(28)14-12-22(13-15-27)16-20-4-2-1-3-5-20/h1-5,10-11,17,19,22H,6-7,12-16,18H2,(H2,29,30,31,32). The third kappa shape index (κ3) is 3.06. The molecule has 2 aromatic carbocycles. The number of hydrogen-bond donors (Lipinski definition) is 2. The lowest BCUT2D eigenvalue weighted by atomic mass is 9.59. The number of carbonyl (C=O) groups excluding carboxylic acids is 2. The van der Waals surface area contributed by atoms with Crippen molar-refractivity contribution in [2.24, 2.45) is 17.3 Å². The van der Waals surface area contributed by atoms with Crippen LogP contribution < -0.4 is 10.6 Å². The van der Waals surface area contributed by atoms with Gasteiger partial charge in [-0.15, -0.1) is 0 Å². The van der Waals surface area contributed by atoms with Crippen molar-refractivity contribution in [1.82, 2.24) is 10.6 Å². The highest BCUT2D eigenvalue weighted by molar-refractivity contribution is 6.08. The molecule has 1 aliphatic heterocycles. The van der Waals surface area contributed by atoms with E-state index in [1.54, 1.807) is 0 Å². The minimum absolute atomic E-state index is 0.185. The number of amides is 3. The van der Waals surface area contributed by atoms with E-state index in [0.717, 1.165) is 49.7 Å². The molecule has 6 rings (SSSR count). The molecule has 32 heavy (non-hydrogen) atoms. The summed E-state index contributed by atoms with van der Waals surface area (Å²) in [5, 5.41) is 5.68. The summed E-state index contributed by atoms with van der Waals surface area (Å²) >= 11 is 0. The smallest absolute Gasteiger partial charge is 0.319 e. The maximum absolute atomic E-state index is 13.4. The van der Waals surface area contributed by atoms with Crippen LogP contribution in [0.5, 0.6) is 0 Å². The van der Waals surface area contributed by atoms with Crippen LogP contribution >= 0.6 is 0 Å². The number of carbonyl (C=O) groups is 2. The lowest BCUT2D eigenvalue weighted by Gasteiger charge is -2.46. The normalized spacial score (nSPS) is 30.6. The molecule has 3 fully saturated rings. The summed E-state index contributed by atoms with van der Waals surface area (Å²) in [5.41, 5.74) is 3.24. The topological polar surface area (TPSA) is 58.2 Å². The second-order valence-electron chi connectivity index (χ2n) is 10.2. The highest BCUT2D eigenvalue weighted by Gasteiger charge is 2.66. The average molecular weight is 425 g/mol. The molecule has 162 valence electrons. The van der Waals surface area contributed by atoms with Gasteiger partial charge in [0.05, 0.1) is 0 Å². The van der Waals surface area contributed by atoms with E-state index in [9.17, 15) is 9.59 Å². The Morgan fingerprint density at radius 2 is 1.75 bits per heavy atom. The van der Waals surface area contributed by atoms with Crippen LogP contribution in [0, 0.1) is 29.1 Å². The highest BCUT2D eigenvalue weighted by Crippen LogP contribution is 2.59. The first-order valence-corrected chi connectivity index (χ1v) is 11.9. The Balaban J connectivity index is 1.32. The fourth-order valence-electron chi connectivity index (χ4n) is 6.31. The van der Waals surface area contributed by atoms with Crippen LogP contribution in [0.4, 0.5) is 4.79 Å². The van der Waals surface area contributed by atoms with Crippen LogP contribution in [0.15, 0.2) is 48.5 Å². The van der Waals surface area contributed by atoms with Crippen molar-refractivity contribution in [1.29, 1.82) is 0 Å². The lowest BCUT2D eigenvalue weighted by molar-refractivity contribution is -0.130. The van der Waals surface area contributed by atoms with Crippen LogP contribution in [-0.2, 0) is 23.2 Å². The van der Waals surface area contributed by atoms with Crippen LogP contribution in [0.1, 0.15) is 60.8 Å². The minimum Gasteiger partial charge on any atom is -0.319 e. The summed E-state index contributed by atoms with van der Waals surface area (Å²) in [6, 6.07) is 16.6. The van der Waals surface area contributed by atoms with E-state index in [4.69, 9.17) is 0 Å². The number of hydrogen-bond acceptors (Lipinski definition) is 2. The van der Waals surface area contributed by atoms with Gasteiger partial charge in [0, 0.05) is 16.9 Å². The molecule has 1 unspecified atom stereocenters. The lowest BCUT2D eigenvalue weighted by Crippen LogP contribution is -2.56. The zero-order valence-electron chi connectivity index (χ0n) is 18.2. The second-order valence-corrected chi connectivity index (χ2v) is 10.2. The number of urea groups is 1. The van der Waals surface area contributed by atoms with Crippen molar-refractivity contribution in [2.75, 3.05) is 0 Å². The van der Waals surface area contributed by atoms with Gasteiger partial charge in [-0.3, -0.25) is 10.1 Å². The van der Waals surface area contributed by atoms with Crippen LogP contribution in [-0.4, -0.2) is 11.9 Å². The summed E-state index contributed by atoms with van der Waals surface area (Å²) in [4.78, 5) is 25.8. The van der Waals surface area contributed by atoms with Crippen molar-refractivity contribution in [3.63, 3.8) is 0 Å². The molecule has 0 aromatic heterocycles. The molecule has 2 spiro atoms. The van der Waals surface area contributed by atoms with Gasteiger partial charge in [-0.1, -0.05) is 48.2 Å². The molecule has 3 aliphatic carbocycles. The highest BCUT2D eigenvalue weighted by atomic mass is 16.2. The second kappa shape index (κ2) is 7.24. The van der Waals surface area contributed by atoms with E-state index >= 15 is 0 Å². The number of fused-ring (bicyclic) bond motifs is 3. The number of benzene rings is 2. The molecule has 0 bridgehead atoms. The minimum atomic E-state index is -0.964. The zero-order chi connectivity index (χ0) is 21.8. The molecule has 1 heterocycles. The first kappa shape index (κ1) is 19.6. The van der Waals surface area contributed by atoms with Crippen molar-refractivity contribution in [3.8, 4) is 11.8 Å². The molecule has 2 aromatic rings. The molecule has 4 nitrogen and oxygen atoms in total. The van der Waals surface area contributed by atoms with Gasteiger partial charge in [0.2, 0.25) is 0 Å². The SMILES string of the molecule is O=C1NC(=O)C2(N1)c1cc(C#CC3CC3)ccc1CC21CCC(Cc2ccccc2)CC1. The Labute approximate surface area is 189 Å². The molecule has 4 aliphatic rings. The van der Waals surface area contributed by atoms with Gasteiger partial charge in [-0.25, -0.2) is 4.79 Å². The van der Waals surface area contributed by atoms with Gasteiger partial charge in [0.15, 0.2) is 5.54 Å². The third-order valence-corrected chi connectivity index (χ3v) is 8.13. The van der Waals surface area contributed by atoms with Crippen molar-refractivity contribution < 1.29 is 9.59 Å². The Hall–Kier alpha value is -3.06. The molecular formula is C28H28N2O2.